The molecule has 0 bridgehead atoms. The van der Waals surface area contributed by atoms with Crippen LogP contribution in [0.1, 0.15) is 23.1 Å². The van der Waals surface area contributed by atoms with Crippen LogP contribution in [0.15, 0.2) is 91.0 Å². The van der Waals surface area contributed by atoms with Crippen molar-refractivity contribution in [3.05, 3.63) is 108 Å². The number of hydrogen-bond acceptors (Lipinski definition) is 3. The molecule has 2 N–H and O–H groups in total. The van der Waals surface area contributed by atoms with Gasteiger partial charge in [-0.05, 0) is 16.7 Å². The molecule has 29 heavy (non-hydrogen) atoms. The first kappa shape index (κ1) is 20.3. The minimum atomic E-state index is -1.27. The van der Waals surface area contributed by atoms with Crippen molar-refractivity contribution in [2.24, 2.45) is 0 Å². The number of carboxylic acids is 1. The van der Waals surface area contributed by atoms with Crippen LogP contribution in [-0.4, -0.2) is 23.6 Å². The first-order chi connectivity index (χ1) is 14.1. The molecule has 0 heterocycles. The molecule has 0 unspecified atom stereocenters. The Balaban J connectivity index is 1.83. The standard InChI is InChI=1S/C24H23NO4/c26-22(25-17-19-10-4-1-5-11-19)18-29-24(16-23(27)28,20-12-6-2-7-13-20)21-14-8-3-9-15-21/h1-15H,16-18H2,(H,25,26)(H,27,28). The molecule has 1 amide bonds. The summed E-state index contributed by atoms with van der Waals surface area (Å²) in [5, 5.41) is 12.4. The molecule has 0 spiro atoms. The first-order valence-corrected chi connectivity index (χ1v) is 9.37. The van der Waals surface area contributed by atoms with Gasteiger partial charge in [-0.1, -0.05) is 91.0 Å². The minimum absolute atomic E-state index is 0.260. The molecule has 0 atom stereocenters. The number of carbonyl (C=O) groups excluding carboxylic acids is 1. The summed E-state index contributed by atoms with van der Waals surface area (Å²) in [5.41, 5.74) is 1.08. The quantitative estimate of drug-likeness (QED) is 0.585. The molecular weight excluding hydrogens is 366 g/mol. The SMILES string of the molecule is O=C(O)CC(OCC(=O)NCc1ccccc1)(c1ccccc1)c1ccccc1. The van der Waals surface area contributed by atoms with E-state index in [9.17, 15) is 14.7 Å². The maximum absolute atomic E-state index is 12.4. The zero-order valence-corrected chi connectivity index (χ0v) is 16.0. The van der Waals surface area contributed by atoms with Gasteiger partial charge in [-0.25, -0.2) is 0 Å². The van der Waals surface area contributed by atoms with E-state index in [0.717, 1.165) is 5.56 Å². The van der Waals surface area contributed by atoms with Gasteiger partial charge < -0.3 is 15.2 Å². The second-order valence-electron chi connectivity index (χ2n) is 6.68. The topological polar surface area (TPSA) is 75.6 Å². The van der Waals surface area contributed by atoms with Crippen molar-refractivity contribution in [2.75, 3.05) is 6.61 Å². The Bertz CT molecular complexity index is 887. The summed E-state index contributed by atoms with van der Waals surface area (Å²) >= 11 is 0. The van der Waals surface area contributed by atoms with Gasteiger partial charge in [-0.2, -0.15) is 0 Å². The number of nitrogens with one attached hydrogen (secondary N) is 1. The smallest absolute Gasteiger partial charge is 0.307 e. The predicted octanol–water partition coefficient (Wildman–Crippen LogP) is 3.74. The molecule has 3 aromatic carbocycles. The average molecular weight is 389 g/mol. The van der Waals surface area contributed by atoms with Crippen LogP contribution in [0.2, 0.25) is 0 Å². The van der Waals surface area contributed by atoms with Crippen molar-refractivity contribution < 1.29 is 19.4 Å². The summed E-state index contributed by atoms with van der Waals surface area (Å²) in [4.78, 5) is 24.2. The van der Waals surface area contributed by atoms with Crippen LogP contribution in [0.4, 0.5) is 0 Å². The molecule has 0 aliphatic rings. The third-order valence-electron chi connectivity index (χ3n) is 4.66. The van der Waals surface area contributed by atoms with Gasteiger partial charge in [0, 0.05) is 6.54 Å². The van der Waals surface area contributed by atoms with E-state index < -0.39 is 11.6 Å². The maximum atomic E-state index is 12.4. The van der Waals surface area contributed by atoms with Crippen LogP contribution in [0.5, 0.6) is 0 Å². The second kappa shape index (κ2) is 9.66. The Hall–Kier alpha value is -3.44. The van der Waals surface area contributed by atoms with E-state index in [1.807, 2.05) is 91.0 Å². The molecule has 0 aliphatic carbocycles. The zero-order valence-electron chi connectivity index (χ0n) is 16.0. The molecule has 5 heteroatoms. The molecular formula is C24H23NO4. The highest BCUT2D eigenvalue weighted by Crippen LogP contribution is 2.37. The number of benzene rings is 3. The fourth-order valence-corrected chi connectivity index (χ4v) is 3.25. The summed E-state index contributed by atoms with van der Waals surface area (Å²) in [6, 6.07) is 27.8. The van der Waals surface area contributed by atoms with Crippen LogP contribution < -0.4 is 5.32 Å². The molecule has 3 aromatic rings. The van der Waals surface area contributed by atoms with Gasteiger partial charge in [-0.3, -0.25) is 9.59 Å². The number of amides is 1. The van der Waals surface area contributed by atoms with Crippen LogP contribution >= 0.6 is 0 Å². The van der Waals surface area contributed by atoms with Gasteiger partial charge in [0.25, 0.3) is 0 Å². The Kier molecular flexibility index (Phi) is 6.76. The van der Waals surface area contributed by atoms with Gasteiger partial charge in [-0.15, -0.1) is 0 Å². The Labute approximate surface area is 170 Å². The van der Waals surface area contributed by atoms with Crippen molar-refractivity contribution in [3.63, 3.8) is 0 Å². The van der Waals surface area contributed by atoms with Gasteiger partial charge in [0.05, 0.1) is 6.42 Å². The minimum Gasteiger partial charge on any atom is -0.481 e. The van der Waals surface area contributed by atoms with E-state index in [2.05, 4.69) is 5.32 Å². The fraction of sp³-hybridized carbons (Fsp3) is 0.167. The Morgan fingerprint density at radius 3 is 1.76 bits per heavy atom. The number of aliphatic carboxylic acids is 1. The number of carbonyl (C=O) groups is 2. The van der Waals surface area contributed by atoms with Gasteiger partial charge in [0.15, 0.2) is 0 Å². The van der Waals surface area contributed by atoms with Crippen LogP contribution in [0.3, 0.4) is 0 Å². The molecule has 0 radical (unpaired) electrons. The molecule has 0 fully saturated rings. The van der Waals surface area contributed by atoms with E-state index in [4.69, 9.17) is 4.74 Å². The Morgan fingerprint density at radius 1 is 0.793 bits per heavy atom. The molecule has 3 rings (SSSR count). The summed E-state index contributed by atoms with van der Waals surface area (Å²) in [6.45, 7) is 0.121. The third-order valence-corrected chi connectivity index (χ3v) is 4.66. The molecule has 148 valence electrons. The number of rotatable bonds is 9. The lowest BCUT2D eigenvalue weighted by atomic mass is 9.83. The molecule has 5 nitrogen and oxygen atoms in total. The monoisotopic (exact) mass is 389 g/mol. The lowest BCUT2D eigenvalue weighted by molar-refractivity contribution is -0.147. The van der Waals surface area contributed by atoms with Crippen molar-refractivity contribution >= 4 is 11.9 Å². The lowest BCUT2D eigenvalue weighted by Crippen LogP contribution is -2.38. The highest BCUT2D eigenvalue weighted by Gasteiger charge is 2.38. The first-order valence-electron chi connectivity index (χ1n) is 9.37. The van der Waals surface area contributed by atoms with Crippen molar-refractivity contribution in [1.29, 1.82) is 0 Å². The maximum Gasteiger partial charge on any atom is 0.307 e. The summed E-state index contributed by atoms with van der Waals surface area (Å²) in [7, 11) is 0. The third kappa shape index (κ3) is 5.30. The fourth-order valence-electron chi connectivity index (χ4n) is 3.25. The highest BCUT2D eigenvalue weighted by molar-refractivity contribution is 5.77. The van der Waals surface area contributed by atoms with Gasteiger partial charge >= 0.3 is 5.97 Å². The summed E-state index contributed by atoms with van der Waals surface area (Å²) < 4.78 is 6.07. The van der Waals surface area contributed by atoms with E-state index in [1.54, 1.807) is 0 Å². The van der Waals surface area contributed by atoms with Gasteiger partial charge in [0.1, 0.15) is 12.2 Å². The van der Waals surface area contributed by atoms with Gasteiger partial charge in [0.2, 0.25) is 5.91 Å². The number of hydrogen-bond donors (Lipinski definition) is 2. The van der Waals surface area contributed by atoms with E-state index >= 15 is 0 Å². The average Bonchev–Trinajstić information content (AvgIpc) is 2.77. The molecule has 0 aliphatic heterocycles. The molecule has 0 saturated heterocycles. The molecule has 0 aromatic heterocycles. The van der Waals surface area contributed by atoms with E-state index in [1.165, 1.54) is 0 Å². The number of carboxylic acid groups (broad SMARTS) is 1. The van der Waals surface area contributed by atoms with Crippen LogP contribution in [0.25, 0.3) is 0 Å². The van der Waals surface area contributed by atoms with Crippen molar-refractivity contribution in [3.8, 4) is 0 Å². The summed E-state index contributed by atoms with van der Waals surface area (Å²) in [5.74, 6) is -1.32. The lowest BCUT2D eigenvalue weighted by Gasteiger charge is -2.33. The predicted molar refractivity (Wildman–Crippen MR) is 110 cm³/mol. The van der Waals surface area contributed by atoms with E-state index in [-0.39, 0.29) is 18.9 Å². The zero-order chi connectivity index (χ0) is 20.5. The molecule has 0 saturated carbocycles. The van der Waals surface area contributed by atoms with Crippen molar-refractivity contribution in [2.45, 2.75) is 18.6 Å². The second-order valence-corrected chi connectivity index (χ2v) is 6.68. The van der Waals surface area contributed by atoms with Crippen LogP contribution in [0, 0.1) is 0 Å². The number of ether oxygens (including phenoxy) is 1. The highest BCUT2D eigenvalue weighted by atomic mass is 16.5. The largest absolute Gasteiger partial charge is 0.481 e. The summed E-state index contributed by atoms with van der Waals surface area (Å²) in [6.07, 6.45) is -0.299. The van der Waals surface area contributed by atoms with Crippen molar-refractivity contribution in [1.82, 2.24) is 5.32 Å². The Morgan fingerprint density at radius 2 is 1.28 bits per heavy atom. The normalized spacial score (nSPS) is 11.0. The van der Waals surface area contributed by atoms with E-state index in [0.29, 0.717) is 17.7 Å². The van der Waals surface area contributed by atoms with Crippen LogP contribution in [-0.2, 0) is 26.5 Å².